The van der Waals surface area contributed by atoms with Crippen molar-refractivity contribution in [1.82, 2.24) is 0 Å². The van der Waals surface area contributed by atoms with Gasteiger partial charge in [-0.2, -0.15) is 13.2 Å². The lowest BCUT2D eigenvalue weighted by molar-refractivity contribution is -0.137. The molecule has 0 spiro atoms. The SMILES string of the molecule is NC1CC[C@@H]2CN(c3ccc(C(F)(F)F)cc3)C[C@@H]2C1. The third-order valence-corrected chi connectivity index (χ3v) is 4.65. The van der Waals surface area contributed by atoms with E-state index >= 15 is 0 Å². The minimum atomic E-state index is -4.26. The number of alkyl halides is 3. The van der Waals surface area contributed by atoms with E-state index < -0.39 is 11.7 Å². The van der Waals surface area contributed by atoms with Gasteiger partial charge in [0.05, 0.1) is 5.56 Å². The van der Waals surface area contributed by atoms with Crippen LogP contribution in [0, 0.1) is 11.8 Å². The monoisotopic (exact) mass is 284 g/mol. The molecule has 1 aromatic rings. The predicted molar refractivity (Wildman–Crippen MR) is 72.5 cm³/mol. The summed E-state index contributed by atoms with van der Waals surface area (Å²) < 4.78 is 37.7. The molecule has 1 saturated heterocycles. The summed E-state index contributed by atoms with van der Waals surface area (Å²) in [5.74, 6) is 1.25. The minimum absolute atomic E-state index is 0.295. The van der Waals surface area contributed by atoms with E-state index in [0.29, 0.717) is 17.9 Å². The van der Waals surface area contributed by atoms with E-state index in [1.165, 1.54) is 12.1 Å². The Labute approximate surface area is 116 Å². The standard InChI is InChI=1S/C15H19F3N2/c16-15(17,18)12-2-5-14(6-3-12)20-8-10-1-4-13(19)7-11(10)9-20/h2-3,5-6,10-11,13H,1,4,7-9,19H2/t10-,11+,13?/m1/s1. The fourth-order valence-corrected chi connectivity index (χ4v) is 3.54. The maximum atomic E-state index is 12.6. The molecule has 2 fully saturated rings. The molecule has 20 heavy (non-hydrogen) atoms. The Balaban J connectivity index is 1.71. The number of anilines is 1. The van der Waals surface area contributed by atoms with Crippen LogP contribution >= 0.6 is 0 Å². The molecule has 1 saturated carbocycles. The number of fused-ring (bicyclic) bond motifs is 1. The van der Waals surface area contributed by atoms with Crippen LogP contribution in [0.25, 0.3) is 0 Å². The molecule has 2 N–H and O–H groups in total. The fourth-order valence-electron chi connectivity index (χ4n) is 3.54. The molecule has 110 valence electrons. The average Bonchev–Trinajstić information content (AvgIpc) is 2.80. The zero-order valence-corrected chi connectivity index (χ0v) is 11.2. The van der Waals surface area contributed by atoms with Crippen molar-refractivity contribution in [2.24, 2.45) is 17.6 Å². The number of benzene rings is 1. The van der Waals surface area contributed by atoms with E-state index in [4.69, 9.17) is 5.73 Å². The molecule has 2 nitrogen and oxygen atoms in total. The molecule has 1 aromatic carbocycles. The summed E-state index contributed by atoms with van der Waals surface area (Å²) in [7, 11) is 0. The van der Waals surface area contributed by atoms with Crippen LogP contribution in [0.3, 0.4) is 0 Å². The van der Waals surface area contributed by atoms with Crippen molar-refractivity contribution in [2.45, 2.75) is 31.5 Å². The number of hydrogen-bond donors (Lipinski definition) is 1. The summed E-state index contributed by atoms with van der Waals surface area (Å²) in [6.45, 7) is 1.87. The Morgan fingerprint density at radius 2 is 1.65 bits per heavy atom. The molecule has 1 unspecified atom stereocenters. The van der Waals surface area contributed by atoms with Crippen molar-refractivity contribution in [1.29, 1.82) is 0 Å². The van der Waals surface area contributed by atoms with E-state index in [9.17, 15) is 13.2 Å². The molecule has 1 heterocycles. The molecule has 3 rings (SSSR count). The Bertz CT molecular complexity index is 469. The second kappa shape index (κ2) is 4.95. The van der Waals surface area contributed by atoms with Crippen molar-refractivity contribution in [3.63, 3.8) is 0 Å². The number of hydrogen-bond acceptors (Lipinski definition) is 2. The van der Waals surface area contributed by atoms with Crippen molar-refractivity contribution in [3.05, 3.63) is 29.8 Å². The summed E-state index contributed by atoms with van der Waals surface area (Å²) >= 11 is 0. The van der Waals surface area contributed by atoms with Crippen LogP contribution in [0.15, 0.2) is 24.3 Å². The first-order chi connectivity index (χ1) is 9.43. The third kappa shape index (κ3) is 2.64. The topological polar surface area (TPSA) is 29.3 Å². The number of halogens is 3. The van der Waals surface area contributed by atoms with E-state index in [0.717, 1.165) is 38.0 Å². The van der Waals surface area contributed by atoms with Gasteiger partial charge in [-0.15, -0.1) is 0 Å². The highest BCUT2D eigenvalue weighted by Gasteiger charge is 2.37. The molecule has 5 heteroatoms. The number of nitrogens with zero attached hydrogens (tertiary/aromatic N) is 1. The van der Waals surface area contributed by atoms with Gasteiger partial charge in [0, 0.05) is 24.8 Å². The van der Waals surface area contributed by atoms with Crippen molar-refractivity contribution >= 4 is 5.69 Å². The van der Waals surface area contributed by atoms with E-state index in [1.54, 1.807) is 12.1 Å². The second-order valence-corrected chi connectivity index (χ2v) is 6.04. The highest BCUT2D eigenvalue weighted by Crippen LogP contribution is 2.38. The van der Waals surface area contributed by atoms with Crippen LogP contribution in [0.4, 0.5) is 18.9 Å². The van der Waals surface area contributed by atoms with E-state index in [-0.39, 0.29) is 0 Å². The largest absolute Gasteiger partial charge is 0.416 e. The normalized spacial score (nSPS) is 30.4. The first-order valence-electron chi connectivity index (χ1n) is 7.11. The van der Waals surface area contributed by atoms with Gasteiger partial charge in [0.2, 0.25) is 0 Å². The highest BCUT2D eigenvalue weighted by atomic mass is 19.4. The third-order valence-electron chi connectivity index (χ3n) is 4.65. The Morgan fingerprint density at radius 3 is 2.30 bits per heavy atom. The Kier molecular flexibility index (Phi) is 3.40. The van der Waals surface area contributed by atoms with Crippen molar-refractivity contribution in [2.75, 3.05) is 18.0 Å². The van der Waals surface area contributed by atoms with Gasteiger partial charge in [-0.3, -0.25) is 0 Å². The lowest BCUT2D eigenvalue weighted by atomic mass is 9.79. The summed E-state index contributed by atoms with van der Waals surface area (Å²) in [6, 6.07) is 5.80. The maximum absolute atomic E-state index is 12.6. The zero-order valence-electron chi connectivity index (χ0n) is 11.2. The smallest absolute Gasteiger partial charge is 0.371 e. The van der Waals surface area contributed by atoms with Gasteiger partial charge in [-0.25, -0.2) is 0 Å². The molecule has 2 aliphatic rings. The van der Waals surface area contributed by atoms with Crippen LogP contribution in [0.1, 0.15) is 24.8 Å². The quantitative estimate of drug-likeness (QED) is 0.857. The highest BCUT2D eigenvalue weighted by molar-refractivity contribution is 5.49. The van der Waals surface area contributed by atoms with Gasteiger partial charge in [0.1, 0.15) is 0 Å². The Hall–Kier alpha value is -1.23. The molecule has 3 atom stereocenters. The lowest BCUT2D eigenvalue weighted by Gasteiger charge is -2.27. The molecule has 1 aliphatic carbocycles. The van der Waals surface area contributed by atoms with Gasteiger partial charge in [0.25, 0.3) is 0 Å². The van der Waals surface area contributed by atoms with Crippen LogP contribution in [-0.2, 0) is 6.18 Å². The van der Waals surface area contributed by atoms with E-state index in [2.05, 4.69) is 4.90 Å². The molecule has 0 amide bonds. The fraction of sp³-hybridized carbons (Fsp3) is 0.600. The first kappa shape index (κ1) is 13.7. The molecule has 0 aromatic heterocycles. The molecule has 0 bridgehead atoms. The second-order valence-electron chi connectivity index (χ2n) is 6.04. The van der Waals surface area contributed by atoms with Gasteiger partial charge in [0.15, 0.2) is 0 Å². The lowest BCUT2D eigenvalue weighted by Crippen LogP contribution is -2.32. The number of rotatable bonds is 1. The van der Waals surface area contributed by atoms with Crippen LogP contribution in [0.2, 0.25) is 0 Å². The van der Waals surface area contributed by atoms with Crippen molar-refractivity contribution < 1.29 is 13.2 Å². The van der Waals surface area contributed by atoms with Crippen molar-refractivity contribution in [3.8, 4) is 0 Å². The zero-order chi connectivity index (χ0) is 14.3. The predicted octanol–water partition coefficient (Wildman–Crippen LogP) is 3.27. The van der Waals surface area contributed by atoms with Gasteiger partial charge >= 0.3 is 6.18 Å². The van der Waals surface area contributed by atoms with E-state index in [1.807, 2.05) is 0 Å². The van der Waals surface area contributed by atoms with Gasteiger partial charge < -0.3 is 10.6 Å². The summed E-state index contributed by atoms with van der Waals surface area (Å²) in [4.78, 5) is 2.20. The molecular formula is C15H19F3N2. The first-order valence-corrected chi connectivity index (χ1v) is 7.11. The summed E-state index contributed by atoms with van der Waals surface area (Å²) in [6.07, 6.45) is -1.00. The van der Waals surface area contributed by atoms with Gasteiger partial charge in [-0.05, 0) is 55.4 Å². The molecular weight excluding hydrogens is 265 g/mol. The summed E-state index contributed by atoms with van der Waals surface area (Å²) in [5.41, 5.74) is 6.31. The van der Waals surface area contributed by atoms with Gasteiger partial charge in [-0.1, -0.05) is 0 Å². The van der Waals surface area contributed by atoms with Crippen LogP contribution < -0.4 is 10.6 Å². The van der Waals surface area contributed by atoms with Crippen LogP contribution in [0.5, 0.6) is 0 Å². The molecule has 0 radical (unpaired) electrons. The Morgan fingerprint density at radius 1 is 1.00 bits per heavy atom. The average molecular weight is 284 g/mol. The maximum Gasteiger partial charge on any atom is 0.416 e. The van der Waals surface area contributed by atoms with Crippen LogP contribution in [-0.4, -0.2) is 19.1 Å². The number of nitrogens with two attached hydrogens (primary N) is 1. The summed E-state index contributed by atoms with van der Waals surface area (Å²) in [5, 5.41) is 0. The minimum Gasteiger partial charge on any atom is -0.371 e. The molecule has 1 aliphatic heterocycles.